The van der Waals surface area contributed by atoms with Crippen LogP contribution in [-0.2, 0) is 0 Å². The molecule has 2 N–H and O–H groups in total. The van der Waals surface area contributed by atoms with Crippen LogP contribution in [0.25, 0.3) is 0 Å². The van der Waals surface area contributed by atoms with Gasteiger partial charge >= 0.3 is 0 Å². The average Bonchev–Trinajstić information content (AvgIpc) is 2.19. The van der Waals surface area contributed by atoms with E-state index in [0.29, 0.717) is 0 Å². The molecule has 0 bridgehead atoms. The largest absolute Gasteiger partial charge is 0.411 e. The fourth-order valence-corrected chi connectivity index (χ4v) is 1.37. The zero-order valence-electron chi connectivity index (χ0n) is 6.35. The van der Waals surface area contributed by atoms with E-state index in [9.17, 15) is 0 Å². The number of hydrogen-bond donors (Lipinski definition) is 2. The van der Waals surface area contributed by atoms with Crippen LogP contribution >= 0.6 is 15.9 Å². The number of H-pyrrole nitrogens is 1. The molecule has 0 saturated heterocycles. The predicted molar refractivity (Wildman–Crippen MR) is 47.3 cm³/mol. The standard InChI is InChI=1S/C7H9BrN2O/c1-4-5(2)7(8)10-6(4)3-9-11/h3,10-11H,1-2H3/b9-3+. The maximum atomic E-state index is 8.28. The molecular formula is C7H9BrN2O. The van der Waals surface area contributed by atoms with Gasteiger partial charge in [-0.15, -0.1) is 0 Å². The van der Waals surface area contributed by atoms with Gasteiger partial charge in [0.1, 0.15) is 0 Å². The third-order valence-electron chi connectivity index (χ3n) is 1.73. The third kappa shape index (κ3) is 1.45. The SMILES string of the molecule is Cc1c(Br)[nH]c(/C=N/O)c1C. The summed E-state index contributed by atoms with van der Waals surface area (Å²) in [6, 6.07) is 0. The van der Waals surface area contributed by atoms with Crippen LogP contribution in [0.5, 0.6) is 0 Å². The first-order valence-corrected chi connectivity index (χ1v) is 3.98. The van der Waals surface area contributed by atoms with Crippen LogP contribution in [0.1, 0.15) is 16.8 Å². The number of oxime groups is 1. The highest BCUT2D eigenvalue weighted by Crippen LogP contribution is 2.20. The predicted octanol–water partition coefficient (Wildman–Crippen LogP) is 2.20. The van der Waals surface area contributed by atoms with Crippen molar-refractivity contribution in [2.24, 2.45) is 5.16 Å². The van der Waals surface area contributed by atoms with E-state index in [1.807, 2.05) is 13.8 Å². The van der Waals surface area contributed by atoms with E-state index in [0.717, 1.165) is 21.4 Å². The minimum absolute atomic E-state index is 0.830. The van der Waals surface area contributed by atoms with Gasteiger partial charge in [-0.25, -0.2) is 0 Å². The van der Waals surface area contributed by atoms with Crippen molar-refractivity contribution in [1.82, 2.24) is 4.98 Å². The lowest BCUT2D eigenvalue weighted by Crippen LogP contribution is -1.83. The van der Waals surface area contributed by atoms with Crippen molar-refractivity contribution >= 4 is 22.1 Å². The molecule has 0 aromatic carbocycles. The lowest BCUT2D eigenvalue weighted by Gasteiger charge is -1.88. The quantitative estimate of drug-likeness (QED) is 0.422. The Morgan fingerprint density at radius 1 is 1.45 bits per heavy atom. The van der Waals surface area contributed by atoms with E-state index in [-0.39, 0.29) is 0 Å². The van der Waals surface area contributed by atoms with Crippen molar-refractivity contribution in [3.8, 4) is 0 Å². The van der Waals surface area contributed by atoms with Crippen LogP contribution in [0.4, 0.5) is 0 Å². The molecule has 0 saturated carbocycles. The summed E-state index contributed by atoms with van der Waals surface area (Å²) in [5.41, 5.74) is 3.06. The molecular weight excluding hydrogens is 208 g/mol. The van der Waals surface area contributed by atoms with Gasteiger partial charge in [0.2, 0.25) is 0 Å². The number of rotatable bonds is 1. The first-order chi connectivity index (χ1) is 5.16. The molecule has 0 amide bonds. The molecule has 0 radical (unpaired) electrons. The highest BCUT2D eigenvalue weighted by molar-refractivity contribution is 9.10. The maximum absolute atomic E-state index is 8.28. The molecule has 60 valence electrons. The Morgan fingerprint density at radius 2 is 2.09 bits per heavy atom. The van der Waals surface area contributed by atoms with E-state index in [2.05, 4.69) is 26.1 Å². The number of aromatic nitrogens is 1. The second-order valence-electron chi connectivity index (χ2n) is 2.35. The zero-order valence-corrected chi connectivity index (χ0v) is 7.94. The zero-order chi connectivity index (χ0) is 8.43. The summed E-state index contributed by atoms with van der Waals surface area (Å²) < 4.78 is 0.935. The first kappa shape index (κ1) is 8.33. The molecule has 0 atom stereocenters. The van der Waals surface area contributed by atoms with Gasteiger partial charge < -0.3 is 10.2 Å². The van der Waals surface area contributed by atoms with E-state index in [1.165, 1.54) is 6.21 Å². The molecule has 3 nitrogen and oxygen atoms in total. The molecule has 0 aliphatic rings. The van der Waals surface area contributed by atoms with E-state index in [4.69, 9.17) is 5.21 Å². The molecule has 0 fully saturated rings. The van der Waals surface area contributed by atoms with E-state index < -0.39 is 0 Å². The van der Waals surface area contributed by atoms with Crippen LogP contribution in [0.3, 0.4) is 0 Å². The summed E-state index contributed by atoms with van der Waals surface area (Å²) in [5.74, 6) is 0. The van der Waals surface area contributed by atoms with Crippen molar-refractivity contribution < 1.29 is 5.21 Å². The molecule has 0 spiro atoms. The minimum atomic E-state index is 0.830. The normalized spacial score (nSPS) is 11.2. The van der Waals surface area contributed by atoms with Crippen LogP contribution < -0.4 is 0 Å². The van der Waals surface area contributed by atoms with E-state index in [1.54, 1.807) is 0 Å². The number of nitrogens with zero attached hydrogens (tertiary/aromatic N) is 1. The van der Waals surface area contributed by atoms with E-state index >= 15 is 0 Å². The van der Waals surface area contributed by atoms with Crippen LogP contribution in [0.2, 0.25) is 0 Å². The third-order valence-corrected chi connectivity index (χ3v) is 2.52. The van der Waals surface area contributed by atoms with Gasteiger partial charge in [-0.2, -0.15) is 0 Å². The Balaban J connectivity index is 3.18. The van der Waals surface area contributed by atoms with Gasteiger partial charge in [-0.1, -0.05) is 5.16 Å². The summed E-state index contributed by atoms with van der Waals surface area (Å²) >= 11 is 3.34. The Kier molecular flexibility index (Phi) is 2.34. The topological polar surface area (TPSA) is 48.4 Å². The van der Waals surface area contributed by atoms with Crippen LogP contribution in [0.15, 0.2) is 9.76 Å². The highest BCUT2D eigenvalue weighted by Gasteiger charge is 2.05. The Bertz CT molecular complexity index is 291. The van der Waals surface area contributed by atoms with Crippen molar-refractivity contribution in [1.29, 1.82) is 0 Å². The average molecular weight is 217 g/mol. The summed E-state index contributed by atoms with van der Waals surface area (Å²) in [4.78, 5) is 3.02. The molecule has 1 rings (SSSR count). The fraction of sp³-hybridized carbons (Fsp3) is 0.286. The smallest absolute Gasteiger partial charge is 0.0899 e. The van der Waals surface area contributed by atoms with Gasteiger partial charge in [0, 0.05) is 0 Å². The highest BCUT2D eigenvalue weighted by atomic mass is 79.9. The number of aromatic amines is 1. The summed E-state index contributed by atoms with van der Waals surface area (Å²) in [5, 5.41) is 11.2. The fourth-order valence-electron chi connectivity index (χ4n) is 0.859. The van der Waals surface area contributed by atoms with Gasteiger partial charge in [0.15, 0.2) is 0 Å². The van der Waals surface area contributed by atoms with Crippen molar-refractivity contribution in [2.75, 3.05) is 0 Å². The summed E-state index contributed by atoms with van der Waals surface area (Å²) in [6.45, 7) is 3.96. The Hall–Kier alpha value is -0.770. The molecule has 11 heavy (non-hydrogen) atoms. The van der Waals surface area contributed by atoms with Crippen LogP contribution in [-0.4, -0.2) is 16.4 Å². The van der Waals surface area contributed by atoms with Crippen molar-refractivity contribution in [2.45, 2.75) is 13.8 Å². The molecule has 1 aromatic rings. The van der Waals surface area contributed by atoms with Gasteiger partial charge in [-0.05, 0) is 40.9 Å². The second-order valence-corrected chi connectivity index (χ2v) is 3.14. The van der Waals surface area contributed by atoms with Crippen molar-refractivity contribution in [3.63, 3.8) is 0 Å². The number of halogens is 1. The molecule has 0 aliphatic carbocycles. The summed E-state index contributed by atoms with van der Waals surface area (Å²) in [7, 11) is 0. The lowest BCUT2D eigenvalue weighted by molar-refractivity contribution is 0.321. The van der Waals surface area contributed by atoms with Crippen molar-refractivity contribution in [3.05, 3.63) is 21.4 Å². The molecule has 0 aliphatic heterocycles. The Labute approximate surface area is 73.2 Å². The van der Waals surface area contributed by atoms with Gasteiger partial charge in [0.05, 0.1) is 16.5 Å². The van der Waals surface area contributed by atoms with Crippen LogP contribution in [0, 0.1) is 13.8 Å². The second kappa shape index (κ2) is 3.09. The Morgan fingerprint density at radius 3 is 2.45 bits per heavy atom. The minimum Gasteiger partial charge on any atom is -0.411 e. The monoisotopic (exact) mass is 216 g/mol. The molecule has 1 heterocycles. The molecule has 1 aromatic heterocycles. The lowest BCUT2D eigenvalue weighted by atomic mass is 10.2. The number of nitrogens with one attached hydrogen (secondary N) is 1. The van der Waals surface area contributed by atoms with Gasteiger partial charge in [-0.3, -0.25) is 0 Å². The maximum Gasteiger partial charge on any atom is 0.0899 e. The molecule has 4 heteroatoms. The first-order valence-electron chi connectivity index (χ1n) is 3.19. The number of hydrogen-bond acceptors (Lipinski definition) is 2. The van der Waals surface area contributed by atoms with Gasteiger partial charge in [0.25, 0.3) is 0 Å². The molecule has 0 unspecified atom stereocenters. The summed E-state index contributed by atoms with van der Waals surface area (Å²) in [6.07, 6.45) is 1.38.